The highest BCUT2D eigenvalue weighted by molar-refractivity contribution is 6.64. The van der Waals surface area contributed by atoms with E-state index in [0.717, 1.165) is 19.3 Å². The summed E-state index contributed by atoms with van der Waals surface area (Å²) in [5, 5.41) is -0.0923. The quantitative estimate of drug-likeness (QED) is 0.632. The molecule has 82 valence electrons. The average molecular weight is 217 g/mol. The van der Waals surface area contributed by atoms with E-state index in [1.54, 1.807) is 0 Å². The summed E-state index contributed by atoms with van der Waals surface area (Å²) in [6.07, 6.45) is 9.65. The molecule has 1 unspecified atom stereocenters. The predicted octanol–water partition coefficient (Wildman–Crippen LogP) is 4.14. The Labute approximate surface area is 92.2 Å². The number of halogens is 1. The second-order valence-electron chi connectivity index (χ2n) is 4.45. The Kier molecular flexibility index (Phi) is 5.54. The first-order valence-electron chi connectivity index (χ1n) is 5.95. The van der Waals surface area contributed by atoms with Crippen LogP contribution in [0.4, 0.5) is 0 Å². The zero-order chi connectivity index (χ0) is 10.4. The van der Waals surface area contributed by atoms with E-state index >= 15 is 0 Å². The normalized spacial score (nSPS) is 20.7. The second kappa shape index (κ2) is 6.44. The zero-order valence-electron chi connectivity index (χ0n) is 9.10. The van der Waals surface area contributed by atoms with Crippen molar-refractivity contribution in [2.45, 2.75) is 58.3 Å². The molecular formula is C12H21ClO. The molecule has 1 nitrogen and oxygen atoms in total. The van der Waals surface area contributed by atoms with Gasteiger partial charge in [-0.1, -0.05) is 39.0 Å². The van der Waals surface area contributed by atoms with Crippen molar-refractivity contribution in [3.63, 3.8) is 0 Å². The van der Waals surface area contributed by atoms with Crippen LogP contribution in [-0.2, 0) is 4.79 Å². The Hall–Kier alpha value is -0.0400. The third kappa shape index (κ3) is 3.61. The minimum absolute atomic E-state index is 0.0923. The first kappa shape index (κ1) is 12.0. The van der Waals surface area contributed by atoms with Gasteiger partial charge in [0.05, 0.1) is 0 Å². The highest BCUT2D eigenvalue weighted by Crippen LogP contribution is 2.33. The molecule has 0 radical (unpaired) electrons. The Morgan fingerprint density at radius 2 is 2.00 bits per heavy atom. The Bertz CT molecular complexity index is 173. The Balaban J connectivity index is 2.43. The first-order chi connectivity index (χ1) is 6.75. The summed E-state index contributed by atoms with van der Waals surface area (Å²) < 4.78 is 0. The van der Waals surface area contributed by atoms with Crippen LogP contribution in [0.3, 0.4) is 0 Å². The molecule has 0 aromatic carbocycles. The molecule has 1 aliphatic rings. The summed E-state index contributed by atoms with van der Waals surface area (Å²) in [5.41, 5.74) is 0. The molecule has 14 heavy (non-hydrogen) atoms. The van der Waals surface area contributed by atoms with Gasteiger partial charge in [-0.2, -0.15) is 0 Å². The van der Waals surface area contributed by atoms with Crippen molar-refractivity contribution in [1.82, 2.24) is 0 Å². The molecule has 1 saturated carbocycles. The van der Waals surface area contributed by atoms with Crippen molar-refractivity contribution in [1.29, 1.82) is 0 Å². The summed E-state index contributed by atoms with van der Waals surface area (Å²) in [4.78, 5) is 11.3. The van der Waals surface area contributed by atoms with E-state index in [-0.39, 0.29) is 11.2 Å². The Morgan fingerprint density at radius 3 is 2.50 bits per heavy atom. The van der Waals surface area contributed by atoms with E-state index in [1.807, 2.05) is 0 Å². The summed E-state index contributed by atoms with van der Waals surface area (Å²) >= 11 is 5.67. The van der Waals surface area contributed by atoms with Crippen molar-refractivity contribution in [3.05, 3.63) is 0 Å². The third-order valence-electron chi connectivity index (χ3n) is 3.38. The average Bonchev–Trinajstić information content (AvgIpc) is 2.19. The van der Waals surface area contributed by atoms with Crippen LogP contribution in [0.15, 0.2) is 0 Å². The van der Waals surface area contributed by atoms with Gasteiger partial charge in [0.15, 0.2) is 0 Å². The van der Waals surface area contributed by atoms with Gasteiger partial charge in [0.1, 0.15) is 0 Å². The second-order valence-corrected chi connectivity index (χ2v) is 4.82. The van der Waals surface area contributed by atoms with E-state index in [2.05, 4.69) is 6.92 Å². The van der Waals surface area contributed by atoms with E-state index in [9.17, 15) is 4.79 Å². The molecule has 1 atom stereocenters. The Morgan fingerprint density at radius 1 is 1.36 bits per heavy atom. The first-order valence-corrected chi connectivity index (χ1v) is 6.32. The van der Waals surface area contributed by atoms with Crippen molar-refractivity contribution < 1.29 is 4.79 Å². The fourth-order valence-corrected chi connectivity index (χ4v) is 2.78. The molecule has 0 spiro atoms. The van der Waals surface area contributed by atoms with Crippen LogP contribution in [0.2, 0.25) is 0 Å². The lowest BCUT2D eigenvalue weighted by Crippen LogP contribution is -2.22. The standard InChI is InChI=1S/C12H21ClO/c1-2-3-9-11(12(13)14)10-7-5-4-6-8-10/h10-11H,2-9H2,1H3. The minimum atomic E-state index is -0.0923. The molecule has 0 bridgehead atoms. The number of carbonyl (C=O) groups is 1. The van der Waals surface area contributed by atoms with Gasteiger partial charge in [0.2, 0.25) is 5.24 Å². The zero-order valence-corrected chi connectivity index (χ0v) is 9.85. The maximum atomic E-state index is 11.3. The molecule has 0 aromatic rings. The van der Waals surface area contributed by atoms with Gasteiger partial charge in [0, 0.05) is 5.92 Å². The van der Waals surface area contributed by atoms with E-state index in [1.165, 1.54) is 32.1 Å². The summed E-state index contributed by atoms with van der Waals surface area (Å²) in [5.74, 6) is 0.734. The molecule has 1 aliphatic carbocycles. The SMILES string of the molecule is CCCCC(C(=O)Cl)C1CCCCC1. The smallest absolute Gasteiger partial charge is 0.224 e. The number of hydrogen-bond donors (Lipinski definition) is 0. The van der Waals surface area contributed by atoms with E-state index < -0.39 is 0 Å². The molecule has 0 amide bonds. The molecule has 0 heterocycles. The fraction of sp³-hybridized carbons (Fsp3) is 0.917. The highest BCUT2D eigenvalue weighted by atomic mass is 35.5. The largest absolute Gasteiger partial charge is 0.281 e. The predicted molar refractivity (Wildman–Crippen MR) is 60.5 cm³/mol. The summed E-state index contributed by atoms with van der Waals surface area (Å²) in [6, 6.07) is 0. The summed E-state index contributed by atoms with van der Waals surface area (Å²) in [6.45, 7) is 2.16. The molecule has 2 heteroatoms. The maximum Gasteiger partial charge on any atom is 0.224 e. The number of rotatable bonds is 5. The van der Waals surface area contributed by atoms with Gasteiger partial charge in [-0.25, -0.2) is 0 Å². The highest BCUT2D eigenvalue weighted by Gasteiger charge is 2.27. The summed E-state index contributed by atoms with van der Waals surface area (Å²) in [7, 11) is 0. The number of unbranched alkanes of at least 4 members (excludes halogenated alkanes) is 1. The molecule has 1 rings (SSSR count). The minimum Gasteiger partial charge on any atom is -0.281 e. The van der Waals surface area contributed by atoms with E-state index in [0.29, 0.717) is 5.92 Å². The molecule has 1 fully saturated rings. The van der Waals surface area contributed by atoms with Crippen LogP contribution in [0.5, 0.6) is 0 Å². The van der Waals surface area contributed by atoms with Crippen LogP contribution in [-0.4, -0.2) is 5.24 Å². The molecule has 0 saturated heterocycles. The van der Waals surface area contributed by atoms with Crippen LogP contribution in [0.25, 0.3) is 0 Å². The molecule has 0 aliphatic heterocycles. The van der Waals surface area contributed by atoms with Gasteiger partial charge >= 0.3 is 0 Å². The lowest BCUT2D eigenvalue weighted by atomic mass is 9.78. The van der Waals surface area contributed by atoms with Gasteiger partial charge in [-0.05, 0) is 36.8 Å². The molecular weight excluding hydrogens is 196 g/mol. The third-order valence-corrected chi connectivity index (χ3v) is 3.66. The van der Waals surface area contributed by atoms with Gasteiger partial charge < -0.3 is 0 Å². The van der Waals surface area contributed by atoms with Gasteiger partial charge in [-0.15, -0.1) is 0 Å². The number of hydrogen-bond acceptors (Lipinski definition) is 1. The van der Waals surface area contributed by atoms with E-state index in [4.69, 9.17) is 11.6 Å². The van der Waals surface area contributed by atoms with Gasteiger partial charge in [0.25, 0.3) is 0 Å². The van der Waals surface area contributed by atoms with Crippen LogP contribution in [0, 0.1) is 11.8 Å². The van der Waals surface area contributed by atoms with Crippen molar-refractivity contribution in [2.24, 2.45) is 11.8 Å². The lowest BCUT2D eigenvalue weighted by Gasteiger charge is -2.27. The number of carbonyl (C=O) groups excluding carboxylic acids is 1. The molecule has 0 N–H and O–H groups in total. The fourth-order valence-electron chi connectivity index (χ4n) is 2.50. The molecule has 0 aromatic heterocycles. The van der Waals surface area contributed by atoms with Crippen molar-refractivity contribution in [2.75, 3.05) is 0 Å². The monoisotopic (exact) mass is 216 g/mol. The topological polar surface area (TPSA) is 17.1 Å². The van der Waals surface area contributed by atoms with Crippen LogP contribution >= 0.6 is 11.6 Å². The van der Waals surface area contributed by atoms with Crippen molar-refractivity contribution in [3.8, 4) is 0 Å². The van der Waals surface area contributed by atoms with Crippen LogP contribution in [0.1, 0.15) is 58.3 Å². The maximum absolute atomic E-state index is 11.3. The van der Waals surface area contributed by atoms with Crippen molar-refractivity contribution >= 4 is 16.8 Å². The lowest BCUT2D eigenvalue weighted by molar-refractivity contribution is -0.117. The van der Waals surface area contributed by atoms with Gasteiger partial charge in [-0.3, -0.25) is 4.79 Å². The van der Waals surface area contributed by atoms with Crippen LogP contribution < -0.4 is 0 Å².